The van der Waals surface area contributed by atoms with Crippen LogP contribution < -0.4 is 0 Å². The molecule has 0 aliphatic carbocycles. The molecule has 178 valence electrons. The van der Waals surface area contributed by atoms with E-state index in [1.165, 1.54) is 34.8 Å². The van der Waals surface area contributed by atoms with Crippen molar-refractivity contribution in [3.63, 3.8) is 0 Å². The van der Waals surface area contributed by atoms with Gasteiger partial charge in [-0.15, -0.1) is 22.7 Å². The Morgan fingerprint density at radius 3 is 1.39 bits per heavy atom. The lowest BCUT2D eigenvalue weighted by Crippen LogP contribution is -2.00. The molecule has 4 rings (SSSR count). The smallest absolute Gasteiger partial charge is 0.337 e. The van der Waals surface area contributed by atoms with Crippen LogP contribution >= 0.6 is 22.7 Å². The highest BCUT2D eigenvalue weighted by Gasteiger charge is 2.18. The number of carbonyl (C=O) groups is 2. The van der Waals surface area contributed by atoms with E-state index in [4.69, 9.17) is 0 Å². The zero-order chi connectivity index (χ0) is 25.3. The Labute approximate surface area is 215 Å². The van der Waals surface area contributed by atoms with Crippen LogP contribution in [0.15, 0.2) is 95.7 Å². The minimum absolute atomic E-state index is 0.0543. The van der Waals surface area contributed by atoms with E-state index in [1.54, 1.807) is 22.9 Å². The lowest BCUT2D eigenvalue weighted by atomic mass is 10.1. The first-order chi connectivity index (χ1) is 17.5. The van der Waals surface area contributed by atoms with Gasteiger partial charge in [0.2, 0.25) is 0 Å². The number of benzene rings is 2. The van der Waals surface area contributed by atoms with E-state index in [2.05, 4.69) is 9.97 Å². The van der Waals surface area contributed by atoms with Gasteiger partial charge in [-0.1, -0.05) is 85.0 Å². The number of rotatable bonds is 9. The molecule has 4 aromatic rings. The molecule has 0 saturated heterocycles. The number of hydrogen-bond donors (Lipinski definition) is 2. The van der Waals surface area contributed by atoms with Gasteiger partial charge >= 0.3 is 11.9 Å². The van der Waals surface area contributed by atoms with Gasteiger partial charge in [-0.05, 0) is 23.3 Å². The van der Waals surface area contributed by atoms with E-state index in [0.29, 0.717) is 21.4 Å². The van der Waals surface area contributed by atoms with E-state index in [-0.39, 0.29) is 11.1 Å². The van der Waals surface area contributed by atoms with Gasteiger partial charge in [0.1, 0.15) is 0 Å². The van der Waals surface area contributed by atoms with Crippen LogP contribution in [0.25, 0.3) is 33.3 Å². The molecule has 0 unspecified atom stereocenters. The van der Waals surface area contributed by atoms with Gasteiger partial charge in [0.25, 0.3) is 0 Å². The Morgan fingerprint density at radius 2 is 1.03 bits per heavy atom. The fraction of sp³-hybridized carbons (Fsp3) is 0. The van der Waals surface area contributed by atoms with Crippen LogP contribution in [0, 0.1) is 0 Å². The van der Waals surface area contributed by atoms with Crippen molar-refractivity contribution in [3.05, 3.63) is 118 Å². The molecule has 0 bridgehead atoms. The van der Waals surface area contributed by atoms with Crippen molar-refractivity contribution in [1.82, 2.24) is 9.97 Å². The van der Waals surface area contributed by atoms with Gasteiger partial charge in [0.05, 0.1) is 22.5 Å². The maximum absolute atomic E-state index is 11.8. The molecule has 0 saturated carbocycles. The van der Waals surface area contributed by atoms with Crippen LogP contribution in [-0.2, 0) is 9.59 Å². The van der Waals surface area contributed by atoms with Crippen molar-refractivity contribution in [2.45, 2.75) is 0 Å². The summed E-state index contributed by atoms with van der Waals surface area (Å²) in [6, 6.07) is 19.1. The zero-order valence-corrected chi connectivity index (χ0v) is 20.4. The average molecular weight is 513 g/mol. The second-order valence-corrected chi connectivity index (χ2v) is 9.10. The molecule has 2 aromatic carbocycles. The molecule has 36 heavy (non-hydrogen) atoms. The van der Waals surface area contributed by atoms with E-state index < -0.39 is 11.9 Å². The second kappa shape index (κ2) is 11.8. The highest BCUT2D eigenvalue weighted by Crippen LogP contribution is 2.31. The third-order valence-electron chi connectivity index (χ3n) is 4.91. The van der Waals surface area contributed by atoms with Crippen molar-refractivity contribution in [2.75, 3.05) is 0 Å². The van der Waals surface area contributed by atoms with Crippen LogP contribution in [0.4, 0.5) is 0 Å². The van der Waals surface area contributed by atoms with Crippen LogP contribution in [0.3, 0.4) is 0 Å². The summed E-state index contributed by atoms with van der Waals surface area (Å²) in [4.78, 5) is 32.6. The molecule has 2 aromatic heterocycles. The molecule has 0 spiro atoms. The molecular weight excluding hydrogens is 492 g/mol. The van der Waals surface area contributed by atoms with E-state index in [9.17, 15) is 19.8 Å². The predicted molar refractivity (Wildman–Crippen MR) is 145 cm³/mol. The molecule has 0 aliphatic rings. The first-order valence-electron chi connectivity index (χ1n) is 10.8. The summed E-state index contributed by atoms with van der Waals surface area (Å²) in [7, 11) is 0. The molecule has 2 N–H and O–H groups in total. The van der Waals surface area contributed by atoms with Crippen molar-refractivity contribution >= 4 is 57.9 Å². The SMILES string of the molecule is O=C(O)C(=CC=Cc1ccccc1)c1csc(-c2nc(C(=CC=Cc3ccccc3)C(=O)O)cs2)n1. The monoisotopic (exact) mass is 512 g/mol. The summed E-state index contributed by atoms with van der Waals surface area (Å²) in [5, 5.41) is 23.7. The molecule has 0 fully saturated rings. The van der Waals surface area contributed by atoms with Crippen LogP contribution in [0.2, 0.25) is 0 Å². The number of carboxylic acids is 2. The van der Waals surface area contributed by atoms with E-state index in [1.807, 2.05) is 72.8 Å². The fourth-order valence-corrected chi connectivity index (χ4v) is 4.85. The average Bonchev–Trinajstić information content (AvgIpc) is 3.55. The Balaban J connectivity index is 1.55. The van der Waals surface area contributed by atoms with Gasteiger partial charge in [0.15, 0.2) is 10.0 Å². The number of nitrogens with zero attached hydrogens (tertiary/aromatic N) is 2. The zero-order valence-electron chi connectivity index (χ0n) is 18.8. The summed E-state index contributed by atoms with van der Waals surface area (Å²) in [5.74, 6) is -2.18. The van der Waals surface area contributed by atoms with Crippen LogP contribution in [0.1, 0.15) is 22.5 Å². The summed E-state index contributed by atoms with van der Waals surface area (Å²) < 4.78 is 0. The summed E-state index contributed by atoms with van der Waals surface area (Å²) >= 11 is 2.51. The van der Waals surface area contributed by atoms with Crippen molar-refractivity contribution < 1.29 is 19.8 Å². The maximum atomic E-state index is 11.8. The molecular formula is C28H20N2O4S2. The van der Waals surface area contributed by atoms with Crippen molar-refractivity contribution in [1.29, 1.82) is 0 Å². The molecule has 8 heteroatoms. The van der Waals surface area contributed by atoms with Crippen LogP contribution in [0.5, 0.6) is 0 Å². The Hall–Kier alpha value is -4.40. The van der Waals surface area contributed by atoms with Crippen molar-refractivity contribution in [2.24, 2.45) is 0 Å². The predicted octanol–water partition coefficient (Wildman–Crippen LogP) is 6.63. The van der Waals surface area contributed by atoms with Crippen LogP contribution in [-0.4, -0.2) is 32.1 Å². The number of allylic oxidation sites excluding steroid dienone is 4. The largest absolute Gasteiger partial charge is 0.478 e. The van der Waals surface area contributed by atoms with Gasteiger partial charge in [0, 0.05) is 10.8 Å². The highest BCUT2D eigenvalue weighted by molar-refractivity contribution is 7.19. The molecule has 6 nitrogen and oxygen atoms in total. The highest BCUT2D eigenvalue weighted by atomic mass is 32.1. The number of aliphatic carboxylic acids is 2. The Bertz CT molecular complexity index is 1370. The molecule has 0 amide bonds. The minimum atomic E-state index is -1.09. The molecule has 0 atom stereocenters. The summed E-state index contributed by atoms with van der Waals surface area (Å²) in [5.41, 5.74) is 2.65. The molecule has 0 aliphatic heterocycles. The topological polar surface area (TPSA) is 100 Å². The third kappa shape index (κ3) is 6.38. The standard InChI is InChI=1S/C28H20N2O4S2/c31-27(32)21(15-7-13-19-9-3-1-4-10-19)23-17-35-25(29-23)26-30-24(18-36-26)22(28(33)34)16-8-14-20-11-5-2-6-12-20/h1-18H,(H,31,32)(H,33,34). The lowest BCUT2D eigenvalue weighted by Gasteiger charge is -1.97. The summed E-state index contributed by atoms with van der Waals surface area (Å²) in [6.07, 6.45) is 9.99. The van der Waals surface area contributed by atoms with Gasteiger partial charge in [-0.2, -0.15) is 0 Å². The van der Waals surface area contributed by atoms with E-state index in [0.717, 1.165) is 11.1 Å². The van der Waals surface area contributed by atoms with Gasteiger partial charge in [-0.25, -0.2) is 19.6 Å². The quantitative estimate of drug-likeness (QED) is 0.193. The third-order valence-corrected chi connectivity index (χ3v) is 6.73. The Morgan fingerprint density at radius 1 is 0.639 bits per heavy atom. The normalized spacial score (nSPS) is 12.4. The van der Waals surface area contributed by atoms with E-state index >= 15 is 0 Å². The maximum Gasteiger partial charge on any atom is 0.337 e. The van der Waals surface area contributed by atoms with Gasteiger partial charge < -0.3 is 10.2 Å². The number of carboxylic acid groups (broad SMARTS) is 2. The Kier molecular flexibility index (Phi) is 8.12. The fourth-order valence-electron chi connectivity index (χ4n) is 3.16. The molecule has 0 radical (unpaired) electrons. The first kappa shape index (κ1) is 24.7. The summed E-state index contributed by atoms with van der Waals surface area (Å²) in [6.45, 7) is 0. The minimum Gasteiger partial charge on any atom is -0.478 e. The van der Waals surface area contributed by atoms with Gasteiger partial charge in [-0.3, -0.25) is 0 Å². The number of hydrogen-bond acceptors (Lipinski definition) is 6. The first-order valence-corrected chi connectivity index (χ1v) is 12.5. The molecule has 2 heterocycles. The number of aromatic nitrogens is 2. The second-order valence-electron chi connectivity index (χ2n) is 7.39. The lowest BCUT2D eigenvalue weighted by molar-refractivity contribution is -0.131. The van der Waals surface area contributed by atoms with Crippen molar-refractivity contribution in [3.8, 4) is 10.0 Å². The number of thiazole rings is 2.